The first-order valence-electron chi connectivity index (χ1n) is 5.13. The molecule has 2 atom stereocenters. The lowest BCUT2D eigenvalue weighted by molar-refractivity contribution is 0.190. The molecular formula is C12H18O2S. The number of benzene rings is 1. The molecule has 2 nitrogen and oxygen atoms in total. The Balaban J connectivity index is 2.94. The van der Waals surface area contributed by atoms with E-state index in [1.807, 2.05) is 12.1 Å². The second-order valence-electron chi connectivity index (χ2n) is 3.90. The van der Waals surface area contributed by atoms with Crippen LogP contribution in [0.1, 0.15) is 31.6 Å². The second-order valence-corrected chi connectivity index (χ2v) is 5.63. The molecule has 2 N–H and O–H groups in total. The Hall–Kier alpha value is -0.670. The van der Waals surface area contributed by atoms with Crippen LogP contribution in [0.2, 0.25) is 0 Å². The van der Waals surface area contributed by atoms with E-state index in [9.17, 15) is 10.2 Å². The molecule has 1 aromatic rings. The molecule has 0 spiro atoms. The molecule has 0 aromatic heterocycles. The van der Waals surface area contributed by atoms with Crippen LogP contribution >= 0.6 is 11.8 Å². The van der Waals surface area contributed by atoms with Crippen LogP contribution in [0.4, 0.5) is 0 Å². The molecule has 0 amide bonds. The quantitative estimate of drug-likeness (QED) is 0.829. The zero-order chi connectivity index (χ0) is 11.4. The van der Waals surface area contributed by atoms with E-state index in [0.29, 0.717) is 5.25 Å². The average molecular weight is 226 g/mol. The van der Waals surface area contributed by atoms with Crippen molar-refractivity contribution < 1.29 is 10.2 Å². The summed E-state index contributed by atoms with van der Waals surface area (Å²) < 4.78 is 0. The lowest BCUT2D eigenvalue weighted by Gasteiger charge is -2.22. The minimum atomic E-state index is -0.467. The molecule has 0 heterocycles. The summed E-state index contributed by atoms with van der Waals surface area (Å²) in [4.78, 5) is 0. The van der Waals surface area contributed by atoms with Gasteiger partial charge in [0.25, 0.3) is 0 Å². The molecule has 0 radical (unpaired) electrons. The van der Waals surface area contributed by atoms with Crippen molar-refractivity contribution in [2.45, 2.75) is 37.4 Å². The van der Waals surface area contributed by atoms with Crippen LogP contribution in [-0.4, -0.2) is 21.6 Å². The van der Waals surface area contributed by atoms with Gasteiger partial charge in [-0.1, -0.05) is 32.0 Å². The highest BCUT2D eigenvalue weighted by Crippen LogP contribution is 2.38. The first kappa shape index (κ1) is 12.4. The Labute approximate surface area is 95.3 Å². The van der Waals surface area contributed by atoms with Gasteiger partial charge in [-0.3, -0.25) is 0 Å². The zero-order valence-electron chi connectivity index (χ0n) is 9.34. The Morgan fingerprint density at radius 1 is 1.13 bits per heavy atom. The molecule has 0 aliphatic rings. The smallest absolute Gasteiger partial charge is 0.119 e. The summed E-state index contributed by atoms with van der Waals surface area (Å²) in [6.45, 7) is 5.92. The Morgan fingerprint density at radius 3 is 2.20 bits per heavy atom. The first-order valence-corrected chi connectivity index (χ1v) is 6.08. The van der Waals surface area contributed by atoms with E-state index in [2.05, 4.69) is 13.8 Å². The van der Waals surface area contributed by atoms with Crippen molar-refractivity contribution in [1.29, 1.82) is 0 Å². The molecule has 0 aliphatic carbocycles. The number of hydrogen-bond acceptors (Lipinski definition) is 3. The van der Waals surface area contributed by atoms with Gasteiger partial charge in [-0.25, -0.2) is 0 Å². The van der Waals surface area contributed by atoms with Crippen molar-refractivity contribution >= 4 is 11.8 Å². The topological polar surface area (TPSA) is 40.5 Å². The number of aromatic hydroxyl groups is 1. The van der Waals surface area contributed by atoms with Gasteiger partial charge < -0.3 is 10.2 Å². The number of phenolic OH excluding ortho intramolecular Hbond substituents is 1. The first-order chi connectivity index (χ1) is 7.02. The molecule has 0 aliphatic heterocycles. The number of phenols is 1. The van der Waals surface area contributed by atoms with Gasteiger partial charge in [0.2, 0.25) is 0 Å². The molecule has 1 aromatic carbocycles. The molecule has 1 rings (SSSR count). The van der Waals surface area contributed by atoms with Crippen molar-refractivity contribution in [3.8, 4) is 5.75 Å². The highest BCUT2D eigenvalue weighted by Gasteiger charge is 2.21. The zero-order valence-corrected chi connectivity index (χ0v) is 10.2. The van der Waals surface area contributed by atoms with Crippen molar-refractivity contribution in [2.75, 3.05) is 0 Å². The monoisotopic (exact) mass is 226 g/mol. The van der Waals surface area contributed by atoms with Gasteiger partial charge in [-0.15, -0.1) is 11.8 Å². The predicted octanol–water partition coefficient (Wildman–Crippen LogP) is 2.96. The van der Waals surface area contributed by atoms with Gasteiger partial charge in [-0.05, 0) is 18.2 Å². The van der Waals surface area contributed by atoms with E-state index in [1.54, 1.807) is 30.8 Å². The fraction of sp³-hybridized carbons (Fsp3) is 0.500. The third-order valence-corrected chi connectivity index (χ3v) is 3.59. The molecule has 0 fully saturated rings. The van der Waals surface area contributed by atoms with Crippen LogP contribution < -0.4 is 0 Å². The number of thioether (sulfide) groups is 1. The van der Waals surface area contributed by atoms with Crippen LogP contribution in [-0.2, 0) is 0 Å². The minimum Gasteiger partial charge on any atom is -0.508 e. The van der Waals surface area contributed by atoms with Gasteiger partial charge in [-0.2, -0.15) is 0 Å². The van der Waals surface area contributed by atoms with Crippen LogP contribution in [0.3, 0.4) is 0 Å². The van der Waals surface area contributed by atoms with Gasteiger partial charge in [0, 0.05) is 5.56 Å². The summed E-state index contributed by atoms with van der Waals surface area (Å²) in [5, 5.41) is 19.8. The summed E-state index contributed by atoms with van der Waals surface area (Å²) in [5.41, 5.74) is 0.811. The van der Waals surface area contributed by atoms with Crippen molar-refractivity contribution in [3.63, 3.8) is 0 Å². The van der Waals surface area contributed by atoms with E-state index in [-0.39, 0.29) is 11.0 Å². The fourth-order valence-electron chi connectivity index (χ4n) is 1.47. The highest BCUT2D eigenvalue weighted by molar-refractivity contribution is 8.00. The number of aliphatic hydroxyl groups is 1. The van der Waals surface area contributed by atoms with Gasteiger partial charge >= 0.3 is 0 Å². The van der Waals surface area contributed by atoms with E-state index in [1.165, 1.54) is 0 Å². The van der Waals surface area contributed by atoms with Gasteiger partial charge in [0.1, 0.15) is 5.75 Å². The Morgan fingerprint density at radius 2 is 1.73 bits per heavy atom. The molecule has 2 unspecified atom stereocenters. The summed E-state index contributed by atoms with van der Waals surface area (Å²) in [6, 6.07) is 7.19. The van der Waals surface area contributed by atoms with Crippen molar-refractivity contribution in [1.82, 2.24) is 0 Å². The van der Waals surface area contributed by atoms with Gasteiger partial charge in [0.15, 0.2) is 0 Å². The summed E-state index contributed by atoms with van der Waals surface area (Å²) in [5.74, 6) is 0.261. The molecule has 84 valence electrons. The lowest BCUT2D eigenvalue weighted by atomic mass is 10.1. The molecule has 15 heavy (non-hydrogen) atoms. The summed E-state index contributed by atoms with van der Waals surface area (Å²) in [7, 11) is 0. The maximum Gasteiger partial charge on any atom is 0.119 e. The van der Waals surface area contributed by atoms with Crippen LogP contribution in [0.5, 0.6) is 5.75 Å². The fourth-order valence-corrected chi connectivity index (χ4v) is 2.63. The van der Waals surface area contributed by atoms with Crippen LogP contribution in [0.25, 0.3) is 0 Å². The maximum atomic E-state index is 9.72. The SMILES string of the molecule is CC(C)SC(c1ccccc1O)C(C)O. The number of rotatable bonds is 4. The Kier molecular flexibility index (Phi) is 4.48. The highest BCUT2D eigenvalue weighted by atomic mass is 32.2. The summed E-state index contributed by atoms with van der Waals surface area (Å²) >= 11 is 1.66. The van der Waals surface area contributed by atoms with Crippen molar-refractivity contribution in [2.24, 2.45) is 0 Å². The van der Waals surface area contributed by atoms with Gasteiger partial charge in [0.05, 0.1) is 11.4 Å². The second kappa shape index (κ2) is 5.42. The summed E-state index contributed by atoms with van der Waals surface area (Å²) in [6.07, 6.45) is -0.467. The third-order valence-electron chi connectivity index (χ3n) is 2.10. The van der Waals surface area contributed by atoms with Crippen LogP contribution in [0.15, 0.2) is 24.3 Å². The predicted molar refractivity (Wildman–Crippen MR) is 65.3 cm³/mol. The largest absolute Gasteiger partial charge is 0.508 e. The molecule has 0 saturated heterocycles. The molecule has 0 bridgehead atoms. The Bertz CT molecular complexity index is 310. The van der Waals surface area contributed by atoms with E-state index in [0.717, 1.165) is 5.56 Å². The normalized spacial score (nSPS) is 15.3. The number of hydrogen-bond donors (Lipinski definition) is 2. The van der Waals surface area contributed by atoms with E-state index in [4.69, 9.17) is 0 Å². The average Bonchev–Trinajstić information content (AvgIpc) is 2.15. The molecule has 3 heteroatoms. The third kappa shape index (κ3) is 3.43. The minimum absolute atomic E-state index is 0.0637. The molecule has 0 saturated carbocycles. The van der Waals surface area contributed by atoms with E-state index >= 15 is 0 Å². The molecular weight excluding hydrogens is 208 g/mol. The lowest BCUT2D eigenvalue weighted by Crippen LogP contribution is -2.13. The van der Waals surface area contributed by atoms with Crippen molar-refractivity contribution in [3.05, 3.63) is 29.8 Å². The number of para-hydroxylation sites is 1. The van der Waals surface area contributed by atoms with Crippen LogP contribution in [0, 0.1) is 0 Å². The number of aliphatic hydroxyl groups excluding tert-OH is 1. The van der Waals surface area contributed by atoms with E-state index < -0.39 is 6.10 Å². The standard InChI is InChI=1S/C12H18O2S/c1-8(2)15-12(9(3)13)10-6-4-5-7-11(10)14/h4-9,12-14H,1-3H3. The maximum absolute atomic E-state index is 9.72.